The molecule has 0 saturated heterocycles. The molecule has 27 heavy (non-hydrogen) atoms. The summed E-state index contributed by atoms with van der Waals surface area (Å²) in [5.74, 6) is -0.0687. The Morgan fingerprint density at radius 2 is 1.89 bits per heavy atom. The van der Waals surface area contributed by atoms with Crippen LogP contribution in [0.25, 0.3) is 10.2 Å². The van der Waals surface area contributed by atoms with E-state index < -0.39 is 6.09 Å². The molecule has 1 heterocycles. The zero-order valence-electron chi connectivity index (χ0n) is 15.3. The van der Waals surface area contributed by atoms with Crippen LogP contribution in [0.4, 0.5) is 16.2 Å². The molecule has 0 saturated carbocycles. The van der Waals surface area contributed by atoms with Gasteiger partial charge in [0.1, 0.15) is 0 Å². The number of benzene rings is 2. The number of aryl methyl sites for hydroxylation is 1. The van der Waals surface area contributed by atoms with Gasteiger partial charge in [-0.05, 0) is 43.3 Å². The number of anilines is 2. The molecule has 0 aliphatic carbocycles. The lowest BCUT2D eigenvalue weighted by Gasteiger charge is -2.16. The number of fused-ring (bicyclic) bond motifs is 1. The van der Waals surface area contributed by atoms with Gasteiger partial charge in [0.25, 0.3) is 0 Å². The predicted octanol–water partition coefficient (Wildman–Crippen LogP) is 4.46. The van der Waals surface area contributed by atoms with Crippen molar-refractivity contribution in [2.75, 3.05) is 23.9 Å². The van der Waals surface area contributed by atoms with E-state index in [1.807, 2.05) is 24.3 Å². The molecule has 6 nitrogen and oxygen atoms in total. The maximum absolute atomic E-state index is 12.2. The van der Waals surface area contributed by atoms with Gasteiger partial charge in [0, 0.05) is 31.3 Å². The third-order valence-electron chi connectivity index (χ3n) is 3.98. The average Bonchev–Trinajstić information content (AvgIpc) is 3.09. The Bertz CT molecular complexity index is 904. The van der Waals surface area contributed by atoms with Crippen molar-refractivity contribution in [1.29, 1.82) is 0 Å². The molecule has 1 aromatic heterocycles. The molecule has 3 rings (SSSR count). The van der Waals surface area contributed by atoms with Gasteiger partial charge in [-0.25, -0.2) is 9.78 Å². The Kier molecular flexibility index (Phi) is 6.03. The molecule has 2 amide bonds. The van der Waals surface area contributed by atoms with Crippen LogP contribution >= 0.6 is 11.3 Å². The zero-order valence-corrected chi connectivity index (χ0v) is 16.1. The fraction of sp³-hybridized carbons (Fsp3) is 0.250. The fourth-order valence-electron chi connectivity index (χ4n) is 2.56. The van der Waals surface area contributed by atoms with E-state index in [9.17, 15) is 9.59 Å². The SMILES string of the molecule is CCOC(=O)N(C)c1ccc(NC(=O)CCc2nc3ccccc3s2)cc1. The van der Waals surface area contributed by atoms with E-state index in [-0.39, 0.29) is 5.91 Å². The number of nitrogens with zero attached hydrogens (tertiary/aromatic N) is 2. The van der Waals surface area contributed by atoms with Gasteiger partial charge in [-0.1, -0.05) is 12.1 Å². The number of carbonyl (C=O) groups is 2. The first-order chi connectivity index (χ1) is 13.1. The minimum Gasteiger partial charge on any atom is -0.449 e. The van der Waals surface area contributed by atoms with Crippen LogP contribution in [0.15, 0.2) is 48.5 Å². The summed E-state index contributed by atoms with van der Waals surface area (Å²) < 4.78 is 6.09. The largest absolute Gasteiger partial charge is 0.449 e. The first-order valence-corrected chi connectivity index (χ1v) is 9.53. The number of rotatable bonds is 6. The lowest BCUT2D eigenvalue weighted by molar-refractivity contribution is -0.116. The number of ether oxygens (including phenoxy) is 1. The van der Waals surface area contributed by atoms with E-state index >= 15 is 0 Å². The molecule has 0 aliphatic heterocycles. The van der Waals surface area contributed by atoms with E-state index in [4.69, 9.17) is 4.74 Å². The molecule has 0 spiro atoms. The molecule has 140 valence electrons. The Balaban J connectivity index is 1.53. The van der Waals surface area contributed by atoms with Crippen molar-refractivity contribution in [3.05, 3.63) is 53.5 Å². The highest BCUT2D eigenvalue weighted by atomic mass is 32.1. The molecule has 0 atom stereocenters. The first kappa shape index (κ1) is 18.8. The molecule has 0 fully saturated rings. The van der Waals surface area contributed by atoms with Gasteiger partial charge in [0.05, 0.1) is 21.8 Å². The van der Waals surface area contributed by atoms with Crippen molar-refractivity contribution in [2.24, 2.45) is 0 Å². The van der Waals surface area contributed by atoms with E-state index in [1.165, 1.54) is 4.90 Å². The van der Waals surface area contributed by atoms with Crippen LogP contribution in [0.1, 0.15) is 18.4 Å². The third kappa shape index (κ3) is 4.83. The molecule has 7 heteroatoms. The number of nitrogens with one attached hydrogen (secondary N) is 1. The lowest BCUT2D eigenvalue weighted by Crippen LogP contribution is -2.26. The van der Waals surface area contributed by atoms with Gasteiger partial charge in [-0.2, -0.15) is 0 Å². The number of hydrogen-bond donors (Lipinski definition) is 1. The molecular formula is C20H21N3O3S. The molecule has 0 radical (unpaired) electrons. The van der Waals surface area contributed by atoms with Crippen molar-refractivity contribution < 1.29 is 14.3 Å². The van der Waals surface area contributed by atoms with Gasteiger partial charge in [0.2, 0.25) is 5.91 Å². The number of para-hydroxylation sites is 1. The van der Waals surface area contributed by atoms with Crippen LogP contribution in [0.3, 0.4) is 0 Å². The second-order valence-electron chi connectivity index (χ2n) is 5.93. The summed E-state index contributed by atoms with van der Waals surface area (Å²) in [5.41, 5.74) is 2.35. The molecule has 0 aliphatic rings. The maximum atomic E-state index is 12.2. The minimum atomic E-state index is -0.412. The normalized spacial score (nSPS) is 10.6. The summed E-state index contributed by atoms with van der Waals surface area (Å²) in [6, 6.07) is 15.0. The monoisotopic (exact) mass is 383 g/mol. The molecule has 3 aromatic rings. The molecule has 0 bridgehead atoms. The standard InChI is InChI=1S/C20H21N3O3S/c1-3-26-20(25)23(2)15-10-8-14(9-11-15)21-18(24)12-13-19-22-16-6-4-5-7-17(16)27-19/h4-11H,3,12-13H2,1-2H3,(H,21,24). The van der Waals surface area contributed by atoms with Crippen LogP contribution in [0, 0.1) is 0 Å². The Morgan fingerprint density at radius 3 is 2.59 bits per heavy atom. The van der Waals surface area contributed by atoms with E-state index in [1.54, 1.807) is 49.6 Å². The summed E-state index contributed by atoms with van der Waals surface area (Å²) in [6.45, 7) is 2.09. The highest BCUT2D eigenvalue weighted by molar-refractivity contribution is 7.18. The van der Waals surface area contributed by atoms with Crippen molar-refractivity contribution in [2.45, 2.75) is 19.8 Å². The first-order valence-electron chi connectivity index (χ1n) is 8.71. The van der Waals surface area contributed by atoms with Gasteiger partial charge < -0.3 is 10.1 Å². The Labute approximate surface area is 161 Å². The van der Waals surface area contributed by atoms with Crippen molar-refractivity contribution in [1.82, 2.24) is 4.98 Å². The van der Waals surface area contributed by atoms with Gasteiger partial charge in [-0.3, -0.25) is 9.69 Å². The number of hydrogen-bond acceptors (Lipinski definition) is 5. The number of amides is 2. The topological polar surface area (TPSA) is 71.5 Å². The van der Waals surface area contributed by atoms with Crippen LogP contribution in [-0.4, -0.2) is 30.6 Å². The second-order valence-corrected chi connectivity index (χ2v) is 7.04. The van der Waals surface area contributed by atoms with Gasteiger partial charge in [0.15, 0.2) is 0 Å². The highest BCUT2D eigenvalue weighted by Crippen LogP contribution is 2.23. The lowest BCUT2D eigenvalue weighted by atomic mass is 10.2. The zero-order chi connectivity index (χ0) is 19.2. The quantitative estimate of drug-likeness (QED) is 0.682. The van der Waals surface area contributed by atoms with Crippen LogP contribution in [-0.2, 0) is 16.0 Å². The van der Waals surface area contributed by atoms with Crippen LogP contribution < -0.4 is 10.2 Å². The molecular weight excluding hydrogens is 362 g/mol. The highest BCUT2D eigenvalue weighted by Gasteiger charge is 2.12. The smallest absolute Gasteiger partial charge is 0.413 e. The Morgan fingerprint density at radius 1 is 1.15 bits per heavy atom. The van der Waals surface area contributed by atoms with E-state index in [2.05, 4.69) is 10.3 Å². The average molecular weight is 383 g/mol. The minimum absolute atomic E-state index is 0.0687. The summed E-state index contributed by atoms with van der Waals surface area (Å²) in [5, 5.41) is 3.83. The van der Waals surface area contributed by atoms with Crippen LogP contribution in [0.2, 0.25) is 0 Å². The fourth-order valence-corrected chi connectivity index (χ4v) is 3.53. The van der Waals surface area contributed by atoms with E-state index in [0.29, 0.717) is 30.8 Å². The third-order valence-corrected chi connectivity index (χ3v) is 5.08. The van der Waals surface area contributed by atoms with E-state index in [0.717, 1.165) is 15.2 Å². The molecule has 1 N–H and O–H groups in total. The van der Waals surface area contributed by atoms with Crippen molar-refractivity contribution in [3.8, 4) is 0 Å². The summed E-state index contributed by atoms with van der Waals surface area (Å²) >= 11 is 1.62. The Hall–Kier alpha value is -2.93. The summed E-state index contributed by atoms with van der Waals surface area (Å²) in [7, 11) is 1.64. The molecule has 0 unspecified atom stereocenters. The van der Waals surface area contributed by atoms with Crippen molar-refractivity contribution >= 4 is 44.9 Å². The summed E-state index contributed by atoms with van der Waals surface area (Å²) in [4.78, 5) is 29.9. The van der Waals surface area contributed by atoms with Gasteiger partial charge >= 0.3 is 6.09 Å². The maximum Gasteiger partial charge on any atom is 0.413 e. The number of carbonyl (C=O) groups excluding carboxylic acids is 2. The number of aromatic nitrogens is 1. The van der Waals surface area contributed by atoms with Crippen LogP contribution in [0.5, 0.6) is 0 Å². The summed E-state index contributed by atoms with van der Waals surface area (Å²) in [6.07, 6.45) is 0.559. The van der Waals surface area contributed by atoms with Gasteiger partial charge in [-0.15, -0.1) is 11.3 Å². The molecule has 2 aromatic carbocycles. The second kappa shape index (κ2) is 8.64. The number of thiazole rings is 1. The van der Waals surface area contributed by atoms with Crippen molar-refractivity contribution in [3.63, 3.8) is 0 Å². The predicted molar refractivity (Wildman–Crippen MR) is 108 cm³/mol.